The maximum atomic E-state index is 13.3. The van der Waals surface area contributed by atoms with E-state index in [0.717, 1.165) is 24.1 Å². The Labute approximate surface area is 178 Å². The van der Waals surface area contributed by atoms with E-state index in [0.29, 0.717) is 41.7 Å². The number of nitrogens with zero attached hydrogens (tertiary/aromatic N) is 4. The molecule has 3 rings (SSSR count). The summed E-state index contributed by atoms with van der Waals surface area (Å²) in [5.41, 5.74) is 4.01. The fourth-order valence-corrected chi connectivity index (χ4v) is 5.58. The van der Waals surface area contributed by atoms with Crippen molar-refractivity contribution in [1.82, 2.24) is 19.2 Å². The fraction of sp³-hybridized carbons (Fsp3) is 0.455. The lowest BCUT2D eigenvalue weighted by atomic mass is 10.1. The molecule has 30 heavy (non-hydrogen) atoms. The maximum Gasteiger partial charge on any atom is 0.246 e. The van der Waals surface area contributed by atoms with Crippen LogP contribution in [0.3, 0.4) is 0 Å². The lowest BCUT2D eigenvalue weighted by Gasteiger charge is -2.21. The number of aromatic nitrogens is 3. The van der Waals surface area contributed by atoms with Crippen molar-refractivity contribution in [3.63, 3.8) is 0 Å². The standard InChI is InChI=1S/C22H30N4O3S/c1-6-12-25(13-7-2)30(27,28)22-17(4)23-26(18(22)5)15-20-14-21(24-29-20)19-10-8-16(3)9-11-19/h8-11,14H,6-7,12-13,15H2,1-5H3. The van der Waals surface area contributed by atoms with Gasteiger partial charge in [-0.1, -0.05) is 48.8 Å². The quantitative estimate of drug-likeness (QED) is 0.505. The first-order valence-corrected chi connectivity index (χ1v) is 11.8. The van der Waals surface area contributed by atoms with E-state index in [1.807, 2.05) is 51.1 Å². The van der Waals surface area contributed by atoms with Crippen molar-refractivity contribution in [2.75, 3.05) is 13.1 Å². The van der Waals surface area contributed by atoms with Crippen molar-refractivity contribution in [3.05, 3.63) is 53.0 Å². The second-order valence-corrected chi connectivity index (χ2v) is 9.48. The minimum Gasteiger partial charge on any atom is -0.359 e. The van der Waals surface area contributed by atoms with Crippen LogP contribution in [-0.2, 0) is 16.6 Å². The first-order chi connectivity index (χ1) is 14.3. The third-order valence-corrected chi connectivity index (χ3v) is 7.22. The van der Waals surface area contributed by atoms with Crippen molar-refractivity contribution < 1.29 is 12.9 Å². The van der Waals surface area contributed by atoms with E-state index in [2.05, 4.69) is 10.3 Å². The lowest BCUT2D eigenvalue weighted by molar-refractivity contribution is 0.371. The van der Waals surface area contributed by atoms with Crippen molar-refractivity contribution in [2.24, 2.45) is 0 Å². The molecule has 0 bridgehead atoms. The minimum absolute atomic E-state index is 0.294. The monoisotopic (exact) mass is 430 g/mol. The normalized spacial score (nSPS) is 12.1. The molecule has 3 aromatic rings. The first-order valence-electron chi connectivity index (χ1n) is 10.3. The Hall–Kier alpha value is -2.45. The van der Waals surface area contributed by atoms with Crippen LogP contribution in [0.4, 0.5) is 0 Å². The van der Waals surface area contributed by atoms with E-state index in [-0.39, 0.29) is 0 Å². The number of benzene rings is 1. The molecule has 0 aliphatic rings. The van der Waals surface area contributed by atoms with E-state index >= 15 is 0 Å². The second-order valence-electron chi connectivity index (χ2n) is 7.61. The Kier molecular flexibility index (Phi) is 6.77. The third kappa shape index (κ3) is 4.49. The predicted octanol–water partition coefficient (Wildman–Crippen LogP) is 4.32. The highest BCUT2D eigenvalue weighted by molar-refractivity contribution is 7.89. The van der Waals surface area contributed by atoms with Gasteiger partial charge in [0.05, 0.1) is 11.4 Å². The molecule has 0 aliphatic heterocycles. The minimum atomic E-state index is -3.60. The van der Waals surface area contributed by atoms with Crippen LogP contribution in [-0.4, -0.2) is 40.7 Å². The molecular weight excluding hydrogens is 400 g/mol. The van der Waals surface area contributed by atoms with Crippen LogP contribution in [0.1, 0.15) is 49.4 Å². The van der Waals surface area contributed by atoms with Crippen LogP contribution < -0.4 is 0 Å². The van der Waals surface area contributed by atoms with Crippen molar-refractivity contribution in [3.8, 4) is 11.3 Å². The van der Waals surface area contributed by atoms with Crippen LogP contribution in [0.5, 0.6) is 0 Å². The molecule has 0 saturated carbocycles. The van der Waals surface area contributed by atoms with Crippen LogP contribution in [0.2, 0.25) is 0 Å². The molecule has 0 atom stereocenters. The molecule has 0 saturated heterocycles. The van der Waals surface area contributed by atoms with Gasteiger partial charge < -0.3 is 4.52 Å². The van der Waals surface area contributed by atoms with E-state index in [4.69, 9.17) is 4.52 Å². The number of hydrogen-bond acceptors (Lipinski definition) is 5. The van der Waals surface area contributed by atoms with Gasteiger partial charge in [-0.15, -0.1) is 0 Å². The van der Waals surface area contributed by atoms with Gasteiger partial charge in [-0.3, -0.25) is 4.68 Å². The molecule has 0 aliphatic carbocycles. The highest BCUT2D eigenvalue weighted by atomic mass is 32.2. The summed E-state index contributed by atoms with van der Waals surface area (Å²) in [5, 5.41) is 8.65. The Balaban J connectivity index is 1.88. The molecule has 0 N–H and O–H groups in total. The van der Waals surface area contributed by atoms with E-state index in [1.54, 1.807) is 22.8 Å². The summed E-state index contributed by atoms with van der Waals surface area (Å²) in [7, 11) is -3.60. The molecule has 0 spiro atoms. The Morgan fingerprint density at radius 2 is 1.67 bits per heavy atom. The summed E-state index contributed by atoms with van der Waals surface area (Å²) in [6.07, 6.45) is 1.54. The predicted molar refractivity (Wildman–Crippen MR) is 117 cm³/mol. The zero-order chi connectivity index (χ0) is 21.9. The molecule has 2 aromatic heterocycles. The number of hydrogen-bond donors (Lipinski definition) is 0. The number of sulfonamides is 1. The molecule has 8 heteroatoms. The van der Waals surface area contributed by atoms with Gasteiger partial charge in [0.15, 0.2) is 5.76 Å². The summed E-state index contributed by atoms with van der Waals surface area (Å²) in [5.74, 6) is 0.624. The molecule has 0 radical (unpaired) electrons. The topological polar surface area (TPSA) is 81.2 Å². The Morgan fingerprint density at radius 3 is 2.27 bits per heavy atom. The van der Waals surface area contributed by atoms with Gasteiger partial charge in [-0.2, -0.15) is 9.40 Å². The fourth-order valence-electron chi connectivity index (χ4n) is 3.58. The summed E-state index contributed by atoms with van der Waals surface area (Å²) >= 11 is 0. The van der Waals surface area contributed by atoms with E-state index < -0.39 is 10.0 Å². The average molecular weight is 431 g/mol. The van der Waals surface area contributed by atoms with Gasteiger partial charge in [0, 0.05) is 24.7 Å². The summed E-state index contributed by atoms with van der Waals surface area (Å²) < 4.78 is 35.3. The Morgan fingerprint density at radius 1 is 1.03 bits per heavy atom. The van der Waals surface area contributed by atoms with Gasteiger partial charge in [0.2, 0.25) is 10.0 Å². The van der Waals surface area contributed by atoms with Gasteiger partial charge in [0.1, 0.15) is 17.1 Å². The molecule has 0 unspecified atom stereocenters. The zero-order valence-electron chi connectivity index (χ0n) is 18.3. The van der Waals surface area contributed by atoms with Crippen LogP contribution >= 0.6 is 0 Å². The molecular formula is C22H30N4O3S. The van der Waals surface area contributed by atoms with Crippen LogP contribution in [0.15, 0.2) is 39.8 Å². The molecule has 162 valence electrons. The molecule has 2 heterocycles. The number of rotatable bonds is 9. The first kappa shape index (κ1) is 22.2. The SMILES string of the molecule is CCCN(CCC)S(=O)(=O)c1c(C)nn(Cc2cc(-c3ccc(C)cc3)no2)c1C. The third-order valence-electron chi connectivity index (χ3n) is 5.07. The summed E-state index contributed by atoms with van der Waals surface area (Å²) in [4.78, 5) is 0.294. The highest BCUT2D eigenvalue weighted by Crippen LogP contribution is 2.26. The highest BCUT2D eigenvalue weighted by Gasteiger charge is 2.30. The van der Waals surface area contributed by atoms with Crippen LogP contribution in [0.25, 0.3) is 11.3 Å². The van der Waals surface area contributed by atoms with Gasteiger partial charge in [-0.05, 0) is 33.6 Å². The van der Waals surface area contributed by atoms with Gasteiger partial charge in [0.25, 0.3) is 0 Å². The summed E-state index contributed by atoms with van der Waals surface area (Å²) in [6.45, 7) is 10.9. The number of aryl methyl sites for hydroxylation is 2. The van der Waals surface area contributed by atoms with Crippen molar-refractivity contribution in [2.45, 2.75) is 58.9 Å². The van der Waals surface area contributed by atoms with Crippen molar-refractivity contribution >= 4 is 10.0 Å². The van der Waals surface area contributed by atoms with Crippen molar-refractivity contribution in [1.29, 1.82) is 0 Å². The second kappa shape index (κ2) is 9.14. The largest absolute Gasteiger partial charge is 0.359 e. The molecule has 1 aromatic carbocycles. The smallest absolute Gasteiger partial charge is 0.246 e. The Bertz CT molecular complexity index is 1090. The lowest BCUT2D eigenvalue weighted by Crippen LogP contribution is -2.33. The van der Waals surface area contributed by atoms with E-state index in [1.165, 1.54) is 5.56 Å². The summed E-state index contributed by atoms with van der Waals surface area (Å²) in [6, 6.07) is 9.93. The van der Waals surface area contributed by atoms with Gasteiger partial charge >= 0.3 is 0 Å². The van der Waals surface area contributed by atoms with Crippen LogP contribution in [0, 0.1) is 20.8 Å². The zero-order valence-corrected chi connectivity index (χ0v) is 19.2. The molecule has 7 nitrogen and oxygen atoms in total. The molecule has 0 amide bonds. The maximum absolute atomic E-state index is 13.3. The average Bonchev–Trinajstić information content (AvgIpc) is 3.27. The molecule has 0 fully saturated rings. The van der Waals surface area contributed by atoms with Gasteiger partial charge in [-0.25, -0.2) is 8.42 Å². The van der Waals surface area contributed by atoms with E-state index in [9.17, 15) is 8.42 Å².